The summed E-state index contributed by atoms with van der Waals surface area (Å²) in [5.74, 6) is -0.0287. The molecule has 3 aliphatic heterocycles. The van der Waals surface area contributed by atoms with Crippen molar-refractivity contribution < 1.29 is 9.59 Å². The van der Waals surface area contributed by atoms with Gasteiger partial charge >= 0.3 is 6.03 Å². The molecule has 3 amide bonds. The van der Waals surface area contributed by atoms with Gasteiger partial charge < -0.3 is 14.7 Å². The average molecular weight is 469 g/mol. The highest BCUT2D eigenvalue weighted by molar-refractivity contribution is 6.02. The molecule has 2 aromatic rings. The van der Waals surface area contributed by atoms with Gasteiger partial charge in [-0.25, -0.2) is 4.79 Å². The number of hydrogen-bond donors (Lipinski definition) is 0. The van der Waals surface area contributed by atoms with Gasteiger partial charge in [0.05, 0.1) is 6.54 Å². The van der Waals surface area contributed by atoms with E-state index in [0.717, 1.165) is 43.6 Å². The van der Waals surface area contributed by atoms with Gasteiger partial charge in [-0.2, -0.15) is 0 Å². The van der Waals surface area contributed by atoms with E-state index in [1.54, 1.807) is 36.0 Å². The van der Waals surface area contributed by atoms with Crippen molar-refractivity contribution in [3.8, 4) is 0 Å². The molecule has 6 heteroatoms. The second-order valence-corrected chi connectivity index (χ2v) is 10.3. The normalized spacial score (nSPS) is 27.3. The molecule has 0 bridgehead atoms. The van der Waals surface area contributed by atoms with Crippen molar-refractivity contribution in [2.24, 2.45) is 0 Å². The monoisotopic (exact) mass is 468 g/mol. The van der Waals surface area contributed by atoms with Crippen LogP contribution in [0, 0.1) is 0 Å². The number of rotatable bonds is 4. The Bertz CT molecular complexity index is 1300. The second-order valence-electron chi connectivity index (χ2n) is 10.3. The van der Waals surface area contributed by atoms with Crippen LogP contribution in [0.3, 0.4) is 0 Å². The number of hydrogen-bond acceptors (Lipinski definition) is 3. The molecule has 2 saturated heterocycles. The number of urea groups is 1. The molecule has 2 unspecified atom stereocenters. The predicted octanol–water partition coefficient (Wildman–Crippen LogP) is 4.11. The quantitative estimate of drug-likeness (QED) is 0.679. The van der Waals surface area contributed by atoms with Gasteiger partial charge in [-0.1, -0.05) is 55.6 Å². The van der Waals surface area contributed by atoms with E-state index >= 15 is 0 Å². The summed E-state index contributed by atoms with van der Waals surface area (Å²) in [4.78, 5) is 34.5. The third kappa shape index (κ3) is 2.86. The molecule has 6 rings (SSSR count). The minimum absolute atomic E-state index is 0.0287. The van der Waals surface area contributed by atoms with Crippen LogP contribution < -0.4 is 0 Å². The molecule has 1 spiro atoms. The van der Waals surface area contributed by atoms with Crippen molar-refractivity contribution in [2.75, 3.05) is 33.7 Å². The Hall–Kier alpha value is -3.38. The fraction of sp³-hybridized carbons (Fsp3) is 0.379. The minimum atomic E-state index is -1.02. The molecule has 2 fully saturated rings. The Morgan fingerprint density at radius 1 is 1.00 bits per heavy atom. The van der Waals surface area contributed by atoms with E-state index < -0.39 is 5.54 Å². The van der Waals surface area contributed by atoms with E-state index in [2.05, 4.69) is 54.5 Å². The van der Waals surface area contributed by atoms with Gasteiger partial charge in [-0.05, 0) is 47.2 Å². The van der Waals surface area contributed by atoms with Gasteiger partial charge in [0.15, 0.2) is 5.54 Å². The minimum Gasteiger partial charge on any atom is -0.324 e. The molecule has 0 saturated carbocycles. The highest BCUT2D eigenvalue weighted by Crippen LogP contribution is 2.46. The lowest BCUT2D eigenvalue weighted by molar-refractivity contribution is -0.137. The fourth-order valence-electron chi connectivity index (χ4n) is 7.02. The lowest BCUT2D eigenvalue weighted by atomic mass is 9.89. The van der Waals surface area contributed by atoms with Crippen molar-refractivity contribution in [3.05, 3.63) is 84.1 Å². The van der Waals surface area contributed by atoms with Crippen LogP contribution in [0.4, 0.5) is 4.79 Å². The first-order valence-electron chi connectivity index (χ1n) is 12.5. The number of benzene rings is 2. The maximum Gasteiger partial charge on any atom is 0.320 e. The maximum absolute atomic E-state index is 14.0. The van der Waals surface area contributed by atoms with Crippen LogP contribution in [0.2, 0.25) is 0 Å². The van der Waals surface area contributed by atoms with Gasteiger partial charge in [0.2, 0.25) is 0 Å². The molecular weight excluding hydrogens is 436 g/mol. The molecule has 0 radical (unpaired) electrons. The number of amides is 3. The van der Waals surface area contributed by atoms with E-state index in [1.165, 1.54) is 21.9 Å². The Kier molecular flexibility index (Phi) is 4.94. The highest BCUT2D eigenvalue weighted by Gasteiger charge is 2.61. The molecule has 180 valence electrons. The van der Waals surface area contributed by atoms with Crippen LogP contribution in [0.1, 0.15) is 30.0 Å². The Morgan fingerprint density at radius 3 is 2.34 bits per heavy atom. The zero-order chi connectivity index (χ0) is 24.5. The van der Waals surface area contributed by atoms with Crippen molar-refractivity contribution in [3.63, 3.8) is 0 Å². The third-order valence-electron chi connectivity index (χ3n) is 8.70. The molecule has 35 heavy (non-hydrogen) atoms. The van der Waals surface area contributed by atoms with Crippen molar-refractivity contribution >= 4 is 22.7 Å². The zero-order valence-electron chi connectivity index (χ0n) is 20.5. The summed E-state index contributed by atoms with van der Waals surface area (Å²) < 4.78 is 0. The van der Waals surface area contributed by atoms with Crippen LogP contribution in [0.5, 0.6) is 0 Å². The molecule has 2 atom stereocenters. The van der Waals surface area contributed by atoms with E-state index in [0.29, 0.717) is 12.6 Å². The van der Waals surface area contributed by atoms with Gasteiger partial charge in [0.1, 0.15) is 0 Å². The largest absolute Gasteiger partial charge is 0.324 e. The summed E-state index contributed by atoms with van der Waals surface area (Å²) in [5, 5.41) is 2.74. The van der Waals surface area contributed by atoms with E-state index in [-0.39, 0.29) is 18.0 Å². The predicted molar refractivity (Wildman–Crippen MR) is 138 cm³/mol. The summed E-state index contributed by atoms with van der Waals surface area (Å²) in [6.45, 7) is 10.2. The number of likely N-dealkylation sites (N-methyl/N-ethyl adjacent to an activating group) is 2. The molecule has 1 aliphatic carbocycles. The van der Waals surface area contributed by atoms with Gasteiger partial charge in [0.25, 0.3) is 5.91 Å². The first kappa shape index (κ1) is 22.1. The molecule has 2 aromatic carbocycles. The summed E-state index contributed by atoms with van der Waals surface area (Å²) in [7, 11) is 3.47. The van der Waals surface area contributed by atoms with Crippen molar-refractivity contribution in [1.82, 2.24) is 19.6 Å². The van der Waals surface area contributed by atoms with Crippen LogP contribution in [0.25, 0.3) is 10.8 Å². The lowest BCUT2D eigenvalue weighted by Crippen LogP contribution is -2.56. The number of nitrogens with zero attached hydrogens (tertiary/aromatic N) is 4. The lowest BCUT2D eigenvalue weighted by Gasteiger charge is -2.41. The van der Waals surface area contributed by atoms with Crippen LogP contribution >= 0.6 is 0 Å². The number of carbonyl (C=O) groups is 2. The molecule has 3 heterocycles. The number of carbonyl (C=O) groups excluding carboxylic acids is 2. The van der Waals surface area contributed by atoms with Crippen LogP contribution in [-0.4, -0.2) is 76.8 Å². The second kappa shape index (κ2) is 7.82. The smallest absolute Gasteiger partial charge is 0.320 e. The van der Waals surface area contributed by atoms with E-state index in [1.807, 2.05) is 4.90 Å². The van der Waals surface area contributed by atoms with Crippen LogP contribution in [-0.2, 0) is 11.2 Å². The van der Waals surface area contributed by atoms with E-state index in [4.69, 9.17) is 0 Å². The SMILES string of the molecule is C=CC1=C(C=C)C2(CN(C)C(=O)N2C)C(=O)N1C1CCN(C2Cc3cccc4cccc2c34)CC1. The third-order valence-corrected chi connectivity index (χ3v) is 8.70. The first-order valence-corrected chi connectivity index (χ1v) is 12.5. The van der Waals surface area contributed by atoms with Gasteiger partial charge in [0, 0.05) is 50.5 Å². The summed E-state index contributed by atoms with van der Waals surface area (Å²) in [5.41, 5.74) is 3.45. The summed E-state index contributed by atoms with van der Waals surface area (Å²) >= 11 is 0. The van der Waals surface area contributed by atoms with E-state index in [9.17, 15) is 9.59 Å². The number of likely N-dealkylation sites (tertiary alicyclic amines) is 1. The fourth-order valence-corrected chi connectivity index (χ4v) is 7.02. The summed E-state index contributed by atoms with van der Waals surface area (Å²) in [6.07, 6.45) is 6.33. The highest BCUT2D eigenvalue weighted by atomic mass is 16.2. The molecular formula is C29H32N4O2. The number of piperidine rings is 1. The number of allylic oxidation sites excluding steroid dienone is 1. The van der Waals surface area contributed by atoms with Crippen LogP contribution in [0.15, 0.2) is 73.0 Å². The van der Waals surface area contributed by atoms with Gasteiger partial charge in [-0.3, -0.25) is 9.69 Å². The topological polar surface area (TPSA) is 47.1 Å². The molecule has 4 aliphatic rings. The summed E-state index contributed by atoms with van der Waals surface area (Å²) in [6, 6.07) is 13.6. The molecule has 6 nitrogen and oxygen atoms in total. The van der Waals surface area contributed by atoms with Gasteiger partial charge in [-0.15, -0.1) is 0 Å². The Morgan fingerprint density at radius 2 is 1.71 bits per heavy atom. The first-order chi connectivity index (χ1) is 16.9. The Labute approximate surface area is 206 Å². The Balaban J connectivity index is 1.26. The standard InChI is InChI=1S/C29H32N4O2/c1-5-23-24(6-2)33(27(34)29(23)18-30(3)28(35)31(29)4)21-13-15-32(16-14-21)25-17-20-11-7-9-19-10-8-12-22(25)26(19)20/h5-12,21,25H,1-2,13-18H2,3-4H3. The maximum atomic E-state index is 14.0. The van der Waals surface area contributed by atoms with Crippen molar-refractivity contribution in [1.29, 1.82) is 0 Å². The van der Waals surface area contributed by atoms with Crippen molar-refractivity contribution in [2.45, 2.75) is 36.9 Å². The molecule has 0 aromatic heterocycles. The average Bonchev–Trinajstić information content (AvgIpc) is 3.45. The zero-order valence-corrected chi connectivity index (χ0v) is 20.5. The molecule has 0 N–H and O–H groups in total.